The molecule has 0 saturated carbocycles. The van der Waals surface area contributed by atoms with Crippen LogP contribution in [0.2, 0.25) is 0 Å². The number of aryl methyl sites for hydroxylation is 1. The third-order valence-electron chi connectivity index (χ3n) is 6.06. The molecule has 39 heavy (non-hydrogen) atoms. The van der Waals surface area contributed by atoms with Crippen molar-refractivity contribution >= 4 is 30.6 Å². The Morgan fingerprint density at radius 2 is 1.51 bits per heavy atom. The van der Waals surface area contributed by atoms with Crippen LogP contribution in [0.4, 0.5) is 13.2 Å². The lowest BCUT2D eigenvalue weighted by molar-refractivity contribution is -0.0436. The van der Waals surface area contributed by atoms with Gasteiger partial charge in [-0.3, -0.25) is 4.98 Å². The predicted octanol–water partition coefficient (Wildman–Crippen LogP) is 4.70. The molecule has 0 fully saturated rings. The SMILES string of the molecule is O=S(=O)(NCCNCCCc1ccc(S(=O)(=O)C(F)(F)F)cc1)c1cc(-c2ccccc2)cc2cnccc12. The smallest absolute Gasteiger partial charge is 0.315 e. The van der Waals surface area contributed by atoms with Crippen LogP contribution in [0.5, 0.6) is 0 Å². The molecule has 4 rings (SSSR count). The summed E-state index contributed by atoms with van der Waals surface area (Å²) in [5, 5.41) is 4.41. The van der Waals surface area contributed by atoms with Crippen molar-refractivity contribution in [2.75, 3.05) is 19.6 Å². The second-order valence-corrected chi connectivity index (χ2v) is 12.5. The number of nitrogens with one attached hydrogen (secondary N) is 2. The van der Waals surface area contributed by atoms with Gasteiger partial charge in [0.1, 0.15) is 0 Å². The number of aromatic nitrogens is 1. The highest BCUT2D eigenvalue weighted by Crippen LogP contribution is 2.31. The van der Waals surface area contributed by atoms with Crippen molar-refractivity contribution in [3.8, 4) is 11.1 Å². The topological polar surface area (TPSA) is 105 Å². The molecule has 2 N–H and O–H groups in total. The average molecular weight is 578 g/mol. The zero-order chi connectivity index (χ0) is 28.1. The molecule has 3 aromatic carbocycles. The first kappa shape index (κ1) is 28.7. The Kier molecular flexibility index (Phi) is 8.70. The van der Waals surface area contributed by atoms with Crippen LogP contribution >= 0.6 is 0 Å². The lowest BCUT2D eigenvalue weighted by Crippen LogP contribution is -2.32. The zero-order valence-corrected chi connectivity index (χ0v) is 22.3. The molecule has 1 aromatic heterocycles. The van der Waals surface area contributed by atoms with Gasteiger partial charge in [0, 0.05) is 36.3 Å². The Balaban J connectivity index is 1.30. The van der Waals surface area contributed by atoms with Gasteiger partial charge in [0.15, 0.2) is 0 Å². The maximum absolute atomic E-state index is 13.2. The van der Waals surface area contributed by atoms with Gasteiger partial charge in [-0.25, -0.2) is 21.6 Å². The molecule has 0 bridgehead atoms. The van der Waals surface area contributed by atoms with Crippen LogP contribution in [0.25, 0.3) is 21.9 Å². The Morgan fingerprint density at radius 3 is 2.21 bits per heavy atom. The summed E-state index contributed by atoms with van der Waals surface area (Å²) in [6.07, 6.45) is 4.31. The van der Waals surface area contributed by atoms with Gasteiger partial charge in [-0.1, -0.05) is 42.5 Å². The summed E-state index contributed by atoms with van der Waals surface area (Å²) in [4.78, 5) is 3.50. The van der Waals surface area contributed by atoms with Gasteiger partial charge in [0.05, 0.1) is 9.79 Å². The molecule has 0 aliphatic heterocycles. The van der Waals surface area contributed by atoms with Crippen molar-refractivity contribution in [2.24, 2.45) is 0 Å². The minimum absolute atomic E-state index is 0.147. The van der Waals surface area contributed by atoms with E-state index in [-0.39, 0.29) is 11.4 Å². The highest BCUT2D eigenvalue weighted by atomic mass is 32.2. The molecule has 0 spiro atoms. The van der Waals surface area contributed by atoms with E-state index < -0.39 is 30.3 Å². The first-order valence-corrected chi connectivity index (χ1v) is 15.0. The second kappa shape index (κ2) is 11.8. The molecular formula is C27H26F3N3O4S2. The molecule has 0 unspecified atom stereocenters. The molecule has 0 aliphatic rings. The second-order valence-electron chi connectivity index (χ2n) is 8.78. The van der Waals surface area contributed by atoms with Gasteiger partial charge in [0.2, 0.25) is 10.0 Å². The highest BCUT2D eigenvalue weighted by Gasteiger charge is 2.46. The standard InChI is InChI=1S/C27H26F3N3O4S2/c28-27(29,30)38(34,35)24-10-8-20(9-11-24)5-4-13-31-15-16-33-39(36,37)26-18-22(21-6-2-1-3-7-21)17-23-19-32-14-12-25(23)26/h1-3,6-12,14,17-19,31,33H,4-5,13,15-16H2. The Bertz CT molecular complexity index is 1640. The van der Waals surface area contributed by atoms with Gasteiger partial charge in [0.25, 0.3) is 9.84 Å². The molecule has 1 heterocycles. The van der Waals surface area contributed by atoms with Crippen molar-refractivity contribution in [1.29, 1.82) is 0 Å². The lowest BCUT2D eigenvalue weighted by Gasteiger charge is -2.13. The number of fused-ring (bicyclic) bond motifs is 1. The van der Waals surface area contributed by atoms with Crippen LogP contribution in [0.3, 0.4) is 0 Å². The quantitative estimate of drug-likeness (QED) is 0.251. The summed E-state index contributed by atoms with van der Waals surface area (Å²) < 4.78 is 89.9. The number of benzene rings is 3. The van der Waals surface area contributed by atoms with Crippen LogP contribution in [0.1, 0.15) is 12.0 Å². The number of halogens is 3. The molecule has 0 radical (unpaired) electrons. The van der Waals surface area contributed by atoms with Gasteiger partial charge in [-0.2, -0.15) is 13.2 Å². The summed E-state index contributed by atoms with van der Waals surface area (Å²) in [6.45, 7) is 1.04. The van der Waals surface area contributed by atoms with Gasteiger partial charge in [-0.15, -0.1) is 0 Å². The van der Waals surface area contributed by atoms with Crippen molar-refractivity contribution in [3.05, 3.63) is 90.8 Å². The molecule has 4 aromatic rings. The first-order valence-electron chi connectivity index (χ1n) is 12.0. The predicted molar refractivity (Wildman–Crippen MR) is 143 cm³/mol. The number of nitrogens with zero attached hydrogens (tertiary/aromatic N) is 1. The van der Waals surface area contributed by atoms with Crippen LogP contribution in [0.15, 0.2) is 95.0 Å². The van der Waals surface area contributed by atoms with Crippen molar-refractivity contribution in [3.63, 3.8) is 0 Å². The number of alkyl halides is 3. The fraction of sp³-hybridized carbons (Fsp3) is 0.222. The van der Waals surface area contributed by atoms with Crippen molar-refractivity contribution in [2.45, 2.75) is 28.1 Å². The number of hydrogen-bond donors (Lipinski definition) is 2. The molecule has 12 heteroatoms. The van der Waals surface area contributed by atoms with Crippen LogP contribution in [-0.2, 0) is 26.3 Å². The maximum Gasteiger partial charge on any atom is 0.501 e. The number of rotatable bonds is 11. The third kappa shape index (κ3) is 6.82. The Hall–Kier alpha value is -3.32. The molecule has 0 aliphatic carbocycles. The maximum atomic E-state index is 13.2. The third-order valence-corrected chi connectivity index (χ3v) is 9.07. The fourth-order valence-corrected chi connectivity index (χ4v) is 6.10. The normalized spacial score (nSPS) is 12.6. The van der Waals surface area contributed by atoms with Gasteiger partial charge < -0.3 is 5.32 Å². The van der Waals surface area contributed by atoms with Gasteiger partial charge in [-0.05, 0) is 66.4 Å². The lowest BCUT2D eigenvalue weighted by atomic mass is 10.0. The van der Waals surface area contributed by atoms with Crippen molar-refractivity contribution < 1.29 is 30.0 Å². The van der Waals surface area contributed by atoms with E-state index in [0.717, 1.165) is 23.3 Å². The zero-order valence-electron chi connectivity index (χ0n) is 20.6. The summed E-state index contributed by atoms with van der Waals surface area (Å²) in [5.41, 5.74) is -3.00. The average Bonchev–Trinajstić information content (AvgIpc) is 2.92. The van der Waals surface area contributed by atoms with E-state index in [4.69, 9.17) is 0 Å². The molecule has 206 valence electrons. The highest BCUT2D eigenvalue weighted by molar-refractivity contribution is 7.92. The summed E-state index contributed by atoms with van der Waals surface area (Å²) in [6, 6.07) is 19.3. The van der Waals surface area contributed by atoms with Crippen LogP contribution in [0, 0.1) is 0 Å². The molecular weight excluding hydrogens is 551 g/mol. The number of sulfone groups is 1. The van der Waals surface area contributed by atoms with E-state index in [1.54, 1.807) is 24.5 Å². The summed E-state index contributed by atoms with van der Waals surface area (Å²) in [5.74, 6) is 0. The van der Waals surface area contributed by atoms with Crippen LogP contribution in [-0.4, -0.2) is 47.0 Å². The van der Waals surface area contributed by atoms with Gasteiger partial charge >= 0.3 is 5.51 Å². The van der Waals surface area contributed by atoms with E-state index in [1.165, 1.54) is 12.1 Å². The first-order chi connectivity index (χ1) is 18.5. The molecule has 7 nitrogen and oxygen atoms in total. The molecule has 0 atom stereocenters. The largest absolute Gasteiger partial charge is 0.501 e. The van der Waals surface area contributed by atoms with E-state index in [9.17, 15) is 30.0 Å². The summed E-state index contributed by atoms with van der Waals surface area (Å²) >= 11 is 0. The van der Waals surface area contributed by atoms with Crippen LogP contribution < -0.4 is 10.0 Å². The van der Waals surface area contributed by atoms with E-state index in [0.29, 0.717) is 42.3 Å². The Morgan fingerprint density at radius 1 is 0.795 bits per heavy atom. The number of sulfonamides is 1. The van der Waals surface area contributed by atoms with E-state index in [2.05, 4.69) is 15.0 Å². The fourth-order valence-electron chi connectivity index (χ4n) is 4.06. The van der Waals surface area contributed by atoms with Crippen molar-refractivity contribution in [1.82, 2.24) is 15.0 Å². The summed E-state index contributed by atoms with van der Waals surface area (Å²) in [7, 11) is -9.19. The minimum atomic E-state index is -5.36. The minimum Gasteiger partial charge on any atom is -0.315 e. The Labute approximate surface area is 225 Å². The molecule has 0 saturated heterocycles. The van der Waals surface area contributed by atoms with E-state index >= 15 is 0 Å². The molecule has 0 amide bonds. The number of pyridine rings is 1. The van der Waals surface area contributed by atoms with E-state index in [1.807, 2.05) is 36.4 Å². The number of hydrogen-bond acceptors (Lipinski definition) is 6. The monoisotopic (exact) mass is 577 g/mol.